The van der Waals surface area contributed by atoms with E-state index in [-0.39, 0.29) is 28.7 Å². The first-order valence-corrected chi connectivity index (χ1v) is 6.55. The summed E-state index contributed by atoms with van der Waals surface area (Å²) >= 11 is 4.70. The number of amides is 1. The summed E-state index contributed by atoms with van der Waals surface area (Å²) in [7, 11) is 1.47. The highest BCUT2D eigenvalue weighted by Crippen LogP contribution is 2.25. The van der Waals surface area contributed by atoms with Crippen molar-refractivity contribution >= 4 is 28.8 Å². The Kier molecular flexibility index (Phi) is 5.82. The van der Waals surface area contributed by atoms with Gasteiger partial charge >= 0.3 is 0 Å². The first kappa shape index (κ1) is 16.3. The molecule has 0 saturated heterocycles. The number of nitrogens with one attached hydrogen (secondary N) is 1. The van der Waals surface area contributed by atoms with Gasteiger partial charge < -0.3 is 16.0 Å². The van der Waals surface area contributed by atoms with Crippen molar-refractivity contribution in [2.24, 2.45) is 5.73 Å². The van der Waals surface area contributed by atoms with Crippen LogP contribution < -0.4 is 16.0 Å². The van der Waals surface area contributed by atoms with Gasteiger partial charge in [0.25, 0.3) is 0 Å². The molecule has 1 aromatic rings. The maximum Gasteiger partial charge on any atom is 0.239 e. The number of anilines is 1. The highest BCUT2D eigenvalue weighted by atomic mass is 32.1. The summed E-state index contributed by atoms with van der Waals surface area (Å²) < 4.78 is 28.1. The number of nitrogens with zero attached hydrogens (tertiary/aromatic N) is 1. The van der Waals surface area contributed by atoms with E-state index in [1.807, 2.05) is 6.92 Å². The molecule has 1 aromatic carbocycles. The van der Waals surface area contributed by atoms with Crippen LogP contribution in [0.3, 0.4) is 0 Å². The van der Waals surface area contributed by atoms with Crippen molar-refractivity contribution in [2.75, 3.05) is 25.0 Å². The highest BCUT2D eigenvalue weighted by Gasteiger charge is 2.20. The molecule has 4 nitrogen and oxygen atoms in total. The van der Waals surface area contributed by atoms with Crippen molar-refractivity contribution in [1.82, 2.24) is 5.32 Å². The van der Waals surface area contributed by atoms with Gasteiger partial charge in [0.05, 0.1) is 6.54 Å². The fourth-order valence-corrected chi connectivity index (χ4v) is 1.92. The third kappa shape index (κ3) is 3.86. The van der Waals surface area contributed by atoms with Gasteiger partial charge in [0, 0.05) is 19.2 Å². The monoisotopic (exact) mass is 301 g/mol. The minimum absolute atomic E-state index is 0.0808. The summed E-state index contributed by atoms with van der Waals surface area (Å²) in [4.78, 5) is 12.7. The lowest BCUT2D eigenvalue weighted by atomic mass is 10.1. The van der Waals surface area contributed by atoms with Crippen LogP contribution in [0.25, 0.3) is 0 Å². The number of carbonyl (C=O) groups excluding carboxylic acids is 1. The lowest BCUT2D eigenvalue weighted by molar-refractivity contribution is -0.119. The smallest absolute Gasteiger partial charge is 0.239 e. The molecule has 110 valence electrons. The maximum absolute atomic E-state index is 14.1. The Morgan fingerprint density at radius 3 is 2.35 bits per heavy atom. The van der Waals surface area contributed by atoms with Gasteiger partial charge in [0.2, 0.25) is 5.91 Å². The quantitative estimate of drug-likeness (QED) is 0.783. The van der Waals surface area contributed by atoms with E-state index in [9.17, 15) is 13.6 Å². The lowest BCUT2D eigenvalue weighted by Gasteiger charge is -2.24. The van der Waals surface area contributed by atoms with E-state index in [2.05, 4.69) is 5.32 Å². The molecular formula is C13H17F2N3OS. The number of hydrogen-bond donors (Lipinski definition) is 2. The zero-order valence-electron chi connectivity index (χ0n) is 11.4. The number of benzene rings is 1. The predicted octanol–water partition coefficient (Wildman–Crippen LogP) is 1.56. The molecule has 0 aliphatic heterocycles. The molecule has 0 saturated carbocycles. The Hall–Kier alpha value is -1.76. The van der Waals surface area contributed by atoms with Crippen molar-refractivity contribution in [2.45, 2.75) is 13.3 Å². The van der Waals surface area contributed by atoms with Gasteiger partial charge in [-0.3, -0.25) is 4.79 Å². The molecule has 0 heterocycles. The van der Waals surface area contributed by atoms with E-state index in [1.165, 1.54) is 11.9 Å². The van der Waals surface area contributed by atoms with Crippen molar-refractivity contribution in [1.29, 1.82) is 0 Å². The minimum atomic E-state index is -0.787. The summed E-state index contributed by atoms with van der Waals surface area (Å²) in [6, 6.07) is 2.15. The topological polar surface area (TPSA) is 58.4 Å². The summed E-state index contributed by atoms with van der Waals surface area (Å²) in [5, 5.41) is 2.43. The number of rotatable bonds is 6. The number of nitrogens with two attached hydrogens (primary N) is 1. The van der Waals surface area contributed by atoms with Gasteiger partial charge in [0.1, 0.15) is 22.3 Å². The fourth-order valence-electron chi connectivity index (χ4n) is 1.80. The van der Waals surface area contributed by atoms with Crippen LogP contribution in [0.15, 0.2) is 12.1 Å². The summed E-state index contributed by atoms with van der Waals surface area (Å²) in [5.41, 5.74) is 5.24. The van der Waals surface area contributed by atoms with E-state index < -0.39 is 11.6 Å². The molecule has 0 fully saturated rings. The van der Waals surface area contributed by atoms with Gasteiger partial charge in [-0.2, -0.15) is 0 Å². The van der Waals surface area contributed by atoms with Gasteiger partial charge in [0.15, 0.2) is 0 Å². The molecule has 0 aliphatic carbocycles. The molecule has 20 heavy (non-hydrogen) atoms. The molecule has 0 spiro atoms. The summed E-state index contributed by atoms with van der Waals surface area (Å²) in [6.07, 6.45) is 0.646. The molecule has 7 heteroatoms. The highest BCUT2D eigenvalue weighted by molar-refractivity contribution is 7.80. The predicted molar refractivity (Wildman–Crippen MR) is 78.8 cm³/mol. The molecule has 0 aliphatic rings. The summed E-state index contributed by atoms with van der Waals surface area (Å²) in [6.45, 7) is 2.09. The Labute approximate surface area is 121 Å². The van der Waals surface area contributed by atoms with Crippen LogP contribution in [0, 0.1) is 11.6 Å². The van der Waals surface area contributed by atoms with Crippen LogP contribution in [-0.2, 0) is 4.79 Å². The fraction of sp³-hybridized carbons (Fsp3) is 0.385. The number of likely N-dealkylation sites (N-methyl/N-ethyl adjacent to an activating group) is 1. The van der Waals surface area contributed by atoms with E-state index in [1.54, 1.807) is 0 Å². The first-order chi connectivity index (χ1) is 9.40. The molecule has 0 aromatic heterocycles. The molecule has 1 amide bonds. The van der Waals surface area contributed by atoms with Crippen LogP contribution in [0.5, 0.6) is 0 Å². The standard InChI is InChI=1S/C13H17F2N3OS/c1-3-4-18(7-11(19)17-2)12-9(14)5-8(13(16)20)6-10(12)15/h5-6H,3-4,7H2,1-2H3,(H2,16,20)(H,17,19). The first-order valence-electron chi connectivity index (χ1n) is 6.15. The number of halogens is 2. The van der Waals surface area contributed by atoms with E-state index in [4.69, 9.17) is 18.0 Å². The van der Waals surface area contributed by atoms with Gasteiger partial charge in [-0.1, -0.05) is 19.1 Å². The van der Waals surface area contributed by atoms with E-state index >= 15 is 0 Å². The van der Waals surface area contributed by atoms with E-state index in [0.717, 1.165) is 12.1 Å². The molecule has 0 atom stereocenters. The van der Waals surface area contributed by atoms with Crippen molar-refractivity contribution in [3.63, 3.8) is 0 Å². The van der Waals surface area contributed by atoms with E-state index in [0.29, 0.717) is 13.0 Å². The van der Waals surface area contributed by atoms with Crippen LogP contribution >= 0.6 is 12.2 Å². The number of thiocarbonyl (C=S) groups is 1. The molecule has 3 N–H and O–H groups in total. The molecule has 1 rings (SSSR count). The van der Waals surface area contributed by atoms with Gasteiger partial charge in [-0.25, -0.2) is 8.78 Å². The summed E-state index contributed by atoms with van der Waals surface area (Å²) in [5.74, 6) is -1.90. The molecular weight excluding hydrogens is 284 g/mol. The third-order valence-electron chi connectivity index (χ3n) is 2.72. The second-order valence-corrected chi connectivity index (χ2v) is 4.69. The Morgan fingerprint density at radius 1 is 1.40 bits per heavy atom. The second-order valence-electron chi connectivity index (χ2n) is 4.25. The zero-order valence-corrected chi connectivity index (χ0v) is 12.2. The average Bonchev–Trinajstić information content (AvgIpc) is 2.37. The van der Waals surface area contributed by atoms with Gasteiger partial charge in [-0.15, -0.1) is 0 Å². The maximum atomic E-state index is 14.1. The second kappa shape index (κ2) is 7.14. The molecule has 0 radical (unpaired) electrons. The van der Waals surface area contributed by atoms with Crippen molar-refractivity contribution < 1.29 is 13.6 Å². The lowest BCUT2D eigenvalue weighted by Crippen LogP contribution is -2.37. The number of hydrogen-bond acceptors (Lipinski definition) is 3. The van der Waals surface area contributed by atoms with Crippen LogP contribution in [0.1, 0.15) is 18.9 Å². The van der Waals surface area contributed by atoms with Gasteiger partial charge in [-0.05, 0) is 18.6 Å². The molecule has 0 bridgehead atoms. The van der Waals surface area contributed by atoms with Crippen LogP contribution in [-0.4, -0.2) is 31.0 Å². The SMILES string of the molecule is CCCN(CC(=O)NC)c1c(F)cc(C(N)=S)cc1F. The number of carbonyl (C=O) groups is 1. The normalized spacial score (nSPS) is 10.2. The minimum Gasteiger partial charge on any atom is -0.389 e. The van der Waals surface area contributed by atoms with Crippen molar-refractivity contribution in [3.8, 4) is 0 Å². The third-order valence-corrected chi connectivity index (χ3v) is 2.96. The van der Waals surface area contributed by atoms with Crippen molar-refractivity contribution in [3.05, 3.63) is 29.3 Å². The Morgan fingerprint density at radius 2 is 1.95 bits per heavy atom. The Balaban J connectivity index is 3.19. The van der Waals surface area contributed by atoms with Crippen LogP contribution in [0.4, 0.5) is 14.5 Å². The molecule has 0 unspecified atom stereocenters. The van der Waals surface area contributed by atoms with Crippen LogP contribution in [0.2, 0.25) is 0 Å². The largest absolute Gasteiger partial charge is 0.389 e. The Bertz CT molecular complexity index is 499. The average molecular weight is 301 g/mol. The zero-order chi connectivity index (χ0) is 15.3.